The molecule has 4 nitrogen and oxygen atoms in total. The fourth-order valence-corrected chi connectivity index (χ4v) is 2.18. The number of aromatic hydroxyl groups is 1. The van der Waals surface area contributed by atoms with E-state index >= 15 is 0 Å². The minimum atomic E-state index is -0.178. The summed E-state index contributed by atoms with van der Waals surface area (Å²) in [4.78, 5) is 12.0. The SMILES string of the molecule is CNc1ccc(/C=C/c2cc(=O)c3cc(O)ccc3o2)cc1. The van der Waals surface area contributed by atoms with Crippen molar-refractivity contribution in [3.8, 4) is 5.75 Å². The summed E-state index contributed by atoms with van der Waals surface area (Å²) in [5, 5.41) is 12.8. The minimum absolute atomic E-state index is 0.0488. The molecule has 0 unspecified atom stereocenters. The maximum atomic E-state index is 12.0. The number of phenols is 1. The third-order valence-electron chi connectivity index (χ3n) is 3.37. The van der Waals surface area contributed by atoms with Crippen LogP contribution in [0.3, 0.4) is 0 Å². The Morgan fingerprint density at radius 3 is 2.55 bits per heavy atom. The summed E-state index contributed by atoms with van der Waals surface area (Å²) in [6, 6.07) is 13.8. The van der Waals surface area contributed by atoms with Gasteiger partial charge in [0, 0.05) is 18.8 Å². The number of hydrogen-bond donors (Lipinski definition) is 2. The fraction of sp³-hybridized carbons (Fsp3) is 0.0556. The predicted octanol–water partition coefficient (Wildman–Crippen LogP) is 3.71. The molecule has 3 aromatic rings. The van der Waals surface area contributed by atoms with Gasteiger partial charge in [0.2, 0.25) is 0 Å². The number of benzene rings is 2. The Kier molecular flexibility index (Phi) is 3.66. The lowest BCUT2D eigenvalue weighted by molar-refractivity contribution is 0.475. The number of nitrogens with one attached hydrogen (secondary N) is 1. The molecule has 0 saturated heterocycles. The van der Waals surface area contributed by atoms with Gasteiger partial charge in [-0.05, 0) is 42.0 Å². The third kappa shape index (κ3) is 2.86. The van der Waals surface area contributed by atoms with Crippen LogP contribution < -0.4 is 10.7 Å². The quantitative estimate of drug-likeness (QED) is 0.772. The third-order valence-corrected chi connectivity index (χ3v) is 3.37. The lowest BCUT2D eigenvalue weighted by atomic mass is 10.1. The summed E-state index contributed by atoms with van der Waals surface area (Å²) < 4.78 is 5.65. The van der Waals surface area contributed by atoms with Gasteiger partial charge in [0.25, 0.3) is 0 Å². The number of fused-ring (bicyclic) bond motifs is 1. The molecule has 1 heterocycles. The van der Waals surface area contributed by atoms with Crippen LogP contribution in [0.2, 0.25) is 0 Å². The van der Waals surface area contributed by atoms with Gasteiger partial charge in [-0.25, -0.2) is 0 Å². The molecule has 0 atom stereocenters. The summed E-state index contributed by atoms with van der Waals surface area (Å²) in [6.07, 6.45) is 3.63. The molecule has 1 aromatic heterocycles. The highest BCUT2D eigenvalue weighted by molar-refractivity contribution is 5.79. The first-order valence-corrected chi connectivity index (χ1v) is 6.88. The van der Waals surface area contributed by atoms with Gasteiger partial charge in [-0.15, -0.1) is 0 Å². The normalized spacial score (nSPS) is 11.1. The smallest absolute Gasteiger partial charge is 0.193 e. The van der Waals surface area contributed by atoms with Crippen molar-refractivity contribution in [3.05, 3.63) is 70.1 Å². The average molecular weight is 293 g/mol. The first kappa shape index (κ1) is 13.9. The summed E-state index contributed by atoms with van der Waals surface area (Å²) in [7, 11) is 1.87. The molecular weight excluding hydrogens is 278 g/mol. The van der Waals surface area contributed by atoms with Crippen molar-refractivity contribution in [2.45, 2.75) is 0 Å². The molecular formula is C18H15NO3. The Bertz CT molecular complexity index is 892. The standard InChI is InChI=1S/C18H15NO3/c1-19-13-5-2-12(3-6-13)4-8-15-11-17(21)16-10-14(20)7-9-18(16)22-15/h2-11,19-20H,1H3/b8-4+. The van der Waals surface area contributed by atoms with Crippen molar-refractivity contribution >= 4 is 28.8 Å². The van der Waals surface area contributed by atoms with E-state index in [-0.39, 0.29) is 11.2 Å². The van der Waals surface area contributed by atoms with E-state index in [9.17, 15) is 9.90 Å². The van der Waals surface area contributed by atoms with Crippen molar-refractivity contribution < 1.29 is 9.52 Å². The highest BCUT2D eigenvalue weighted by Gasteiger charge is 2.03. The Morgan fingerprint density at radius 2 is 1.82 bits per heavy atom. The molecule has 0 aliphatic heterocycles. The van der Waals surface area contributed by atoms with Gasteiger partial charge in [-0.2, -0.15) is 0 Å². The van der Waals surface area contributed by atoms with Gasteiger partial charge in [0.15, 0.2) is 5.43 Å². The molecule has 110 valence electrons. The minimum Gasteiger partial charge on any atom is -0.508 e. The van der Waals surface area contributed by atoms with Crippen molar-refractivity contribution in [2.24, 2.45) is 0 Å². The molecule has 22 heavy (non-hydrogen) atoms. The van der Waals surface area contributed by atoms with E-state index < -0.39 is 0 Å². The molecule has 0 fully saturated rings. The molecule has 4 heteroatoms. The van der Waals surface area contributed by atoms with E-state index in [1.54, 1.807) is 12.1 Å². The molecule has 0 aliphatic carbocycles. The Balaban J connectivity index is 1.94. The van der Waals surface area contributed by atoms with Gasteiger partial charge < -0.3 is 14.8 Å². The summed E-state index contributed by atoms with van der Waals surface area (Å²) in [5.74, 6) is 0.522. The van der Waals surface area contributed by atoms with E-state index in [0.29, 0.717) is 16.7 Å². The topological polar surface area (TPSA) is 62.5 Å². The first-order chi connectivity index (χ1) is 10.7. The lowest BCUT2D eigenvalue weighted by Gasteiger charge is -2.01. The van der Waals surface area contributed by atoms with Crippen LogP contribution in [0.4, 0.5) is 5.69 Å². The molecule has 0 amide bonds. The van der Waals surface area contributed by atoms with E-state index in [1.165, 1.54) is 18.2 Å². The zero-order valence-electron chi connectivity index (χ0n) is 12.0. The molecule has 0 spiro atoms. The Hall–Kier alpha value is -3.01. The van der Waals surface area contributed by atoms with Gasteiger partial charge in [-0.1, -0.05) is 18.2 Å². The van der Waals surface area contributed by atoms with Gasteiger partial charge in [0.05, 0.1) is 5.39 Å². The Morgan fingerprint density at radius 1 is 1.05 bits per heavy atom. The molecule has 0 aliphatic rings. The summed E-state index contributed by atoms with van der Waals surface area (Å²) >= 11 is 0. The first-order valence-electron chi connectivity index (χ1n) is 6.88. The van der Waals surface area contributed by atoms with E-state index in [1.807, 2.05) is 37.4 Å². The highest BCUT2D eigenvalue weighted by Crippen LogP contribution is 2.19. The largest absolute Gasteiger partial charge is 0.508 e. The van der Waals surface area contributed by atoms with Gasteiger partial charge in [0.1, 0.15) is 17.1 Å². The molecule has 3 rings (SSSR count). The van der Waals surface area contributed by atoms with E-state index in [0.717, 1.165) is 11.3 Å². The molecule has 0 bridgehead atoms. The zero-order valence-corrected chi connectivity index (χ0v) is 12.0. The van der Waals surface area contributed by atoms with E-state index in [4.69, 9.17) is 4.42 Å². The van der Waals surface area contributed by atoms with Crippen molar-refractivity contribution in [1.82, 2.24) is 0 Å². The van der Waals surface area contributed by atoms with Crippen LogP contribution in [-0.2, 0) is 0 Å². The van der Waals surface area contributed by atoms with Crippen LogP contribution in [0.25, 0.3) is 23.1 Å². The van der Waals surface area contributed by atoms with Crippen molar-refractivity contribution in [1.29, 1.82) is 0 Å². The molecule has 0 radical (unpaired) electrons. The lowest BCUT2D eigenvalue weighted by Crippen LogP contribution is -1.99. The van der Waals surface area contributed by atoms with Crippen LogP contribution >= 0.6 is 0 Å². The average Bonchev–Trinajstić information content (AvgIpc) is 2.54. The maximum Gasteiger partial charge on any atom is 0.193 e. The molecule has 2 aromatic carbocycles. The summed E-state index contributed by atoms with van der Waals surface area (Å²) in [6.45, 7) is 0. The monoisotopic (exact) mass is 293 g/mol. The van der Waals surface area contributed by atoms with Gasteiger partial charge >= 0.3 is 0 Å². The fourth-order valence-electron chi connectivity index (χ4n) is 2.18. The number of phenolic OH excluding ortho intramolecular Hbond substituents is 1. The maximum absolute atomic E-state index is 12.0. The van der Waals surface area contributed by atoms with Crippen molar-refractivity contribution in [2.75, 3.05) is 12.4 Å². The van der Waals surface area contributed by atoms with Crippen LogP contribution in [0, 0.1) is 0 Å². The Labute approximate surface area is 127 Å². The van der Waals surface area contributed by atoms with Crippen LogP contribution in [0.5, 0.6) is 5.75 Å². The highest BCUT2D eigenvalue weighted by atomic mass is 16.3. The number of rotatable bonds is 3. The van der Waals surface area contributed by atoms with Crippen LogP contribution in [-0.4, -0.2) is 12.2 Å². The second-order valence-electron chi connectivity index (χ2n) is 4.90. The zero-order chi connectivity index (χ0) is 15.5. The number of hydrogen-bond acceptors (Lipinski definition) is 4. The summed E-state index contributed by atoms with van der Waals surface area (Å²) in [5.41, 5.74) is 2.32. The van der Waals surface area contributed by atoms with E-state index in [2.05, 4.69) is 5.32 Å². The molecule has 0 saturated carbocycles. The molecule has 2 N–H and O–H groups in total. The predicted molar refractivity (Wildman–Crippen MR) is 89.1 cm³/mol. The second-order valence-corrected chi connectivity index (χ2v) is 4.90. The van der Waals surface area contributed by atoms with Gasteiger partial charge in [-0.3, -0.25) is 4.79 Å². The van der Waals surface area contributed by atoms with Crippen LogP contribution in [0.15, 0.2) is 57.7 Å². The number of anilines is 1. The van der Waals surface area contributed by atoms with Crippen LogP contribution in [0.1, 0.15) is 11.3 Å². The second kappa shape index (κ2) is 5.77. The van der Waals surface area contributed by atoms with Crippen molar-refractivity contribution in [3.63, 3.8) is 0 Å².